The monoisotopic (exact) mass is 418 g/mol. The number of hydrogen-bond acceptors (Lipinski definition) is 4. The highest BCUT2D eigenvalue weighted by atomic mass is 19.4. The molecule has 0 atom stereocenters. The maximum atomic E-state index is 13.2. The molecule has 1 fully saturated rings. The van der Waals surface area contributed by atoms with Gasteiger partial charge >= 0.3 is 6.18 Å². The SMILES string of the molecule is O=C(c1cnn(-c2ccccc2)n1)N(CCn1ccc(C(F)(F)F)n1)C1CCCC1. The number of rotatable bonds is 6. The lowest BCUT2D eigenvalue weighted by atomic mass is 10.2. The summed E-state index contributed by atoms with van der Waals surface area (Å²) < 4.78 is 39.6. The average molecular weight is 418 g/mol. The molecule has 10 heteroatoms. The first-order chi connectivity index (χ1) is 14.4. The zero-order valence-electron chi connectivity index (χ0n) is 16.2. The van der Waals surface area contributed by atoms with Crippen LogP contribution < -0.4 is 0 Å². The topological polar surface area (TPSA) is 68.8 Å². The van der Waals surface area contributed by atoms with E-state index in [1.54, 1.807) is 4.90 Å². The van der Waals surface area contributed by atoms with E-state index >= 15 is 0 Å². The van der Waals surface area contributed by atoms with E-state index in [1.165, 1.54) is 21.9 Å². The van der Waals surface area contributed by atoms with Gasteiger partial charge < -0.3 is 4.90 Å². The molecule has 0 spiro atoms. The number of aromatic nitrogens is 5. The highest BCUT2D eigenvalue weighted by molar-refractivity contribution is 5.92. The molecule has 158 valence electrons. The van der Waals surface area contributed by atoms with Gasteiger partial charge in [0.1, 0.15) is 0 Å². The maximum absolute atomic E-state index is 13.2. The van der Waals surface area contributed by atoms with Crippen LogP contribution in [0.4, 0.5) is 13.2 Å². The number of amides is 1. The van der Waals surface area contributed by atoms with Crippen molar-refractivity contribution in [2.75, 3.05) is 6.54 Å². The fourth-order valence-electron chi connectivity index (χ4n) is 3.71. The summed E-state index contributed by atoms with van der Waals surface area (Å²) >= 11 is 0. The third-order valence-electron chi connectivity index (χ3n) is 5.23. The summed E-state index contributed by atoms with van der Waals surface area (Å²) in [6.45, 7) is 0.422. The van der Waals surface area contributed by atoms with Crippen LogP contribution in [0.2, 0.25) is 0 Å². The molecule has 1 aromatic carbocycles. The predicted molar refractivity (Wildman–Crippen MR) is 102 cm³/mol. The van der Waals surface area contributed by atoms with Gasteiger partial charge in [-0.2, -0.15) is 28.2 Å². The van der Waals surface area contributed by atoms with Crippen molar-refractivity contribution in [3.63, 3.8) is 0 Å². The molecule has 3 aromatic rings. The first-order valence-corrected chi connectivity index (χ1v) is 9.81. The van der Waals surface area contributed by atoms with Crippen LogP contribution in [-0.2, 0) is 12.7 Å². The van der Waals surface area contributed by atoms with Crippen LogP contribution in [-0.4, -0.2) is 48.2 Å². The first-order valence-electron chi connectivity index (χ1n) is 9.81. The standard InChI is InChI=1S/C20H21F3N6O/c21-20(22,23)18-10-11-27(26-18)12-13-28(15-6-4-5-7-15)19(30)17-14-24-29(25-17)16-8-2-1-3-9-16/h1-3,8-11,14-15H,4-7,12-13H2. The zero-order chi connectivity index (χ0) is 21.1. The normalized spacial score (nSPS) is 14.9. The molecule has 7 nitrogen and oxygen atoms in total. The van der Waals surface area contributed by atoms with Gasteiger partial charge in [-0.15, -0.1) is 5.10 Å². The summed E-state index contributed by atoms with van der Waals surface area (Å²) in [4.78, 5) is 16.3. The Kier molecular flexibility index (Phi) is 5.56. The molecule has 0 N–H and O–H groups in total. The third kappa shape index (κ3) is 4.37. The molecule has 2 heterocycles. The Labute approximate surface area is 171 Å². The van der Waals surface area contributed by atoms with Gasteiger partial charge in [0.25, 0.3) is 5.91 Å². The Morgan fingerprint density at radius 2 is 1.83 bits per heavy atom. The molecule has 0 bridgehead atoms. The van der Waals surface area contributed by atoms with E-state index in [4.69, 9.17) is 0 Å². The van der Waals surface area contributed by atoms with Gasteiger partial charge in [0, 0.05) is 18.8 Å². The third-order valence-corrected chi connectivity index (χ3v) is 5.23. The largest absolute Gasteiger partial charge is 0.435 e. The number of hydrogen-bond donors (Lipinski definition) is 0. The van der Waals surface area contributed by atoms with Gasteiger partial charge in [-0.1, -0.05) is 31.0 Å². The van der Waals surface area contributed by atoms with Crippen LogP contribution in [0.25, 0.3) is 5.69 Å². The van der Waals surface area contributed by atoms with Crippen molar-refractivity contribution in [3.05, 3.63) is 60.2 Å². The second-order valence-electron chi connectivity index (χ2n) is 7.25. The maximum Gasteiger partial charge on any atom is 0.435 e. The van der Waals surface area contributed by atoms with Gasteiger partial charge in [-0.3, -0.25) is 9.48 Å². The summed E-state index contributed by atoms with van der Waals surface area (Å²) in [5.41, 5.74) is 0.00873. The molecule has 0 radical (unpaired) electrons. The number of halogens is 3. The van der Waals surface area contributed by atoms with Gasteiger partial charge in [-0.25, -0.2) is 0 Å². The molecular weight excluding hydrogens is 397 g/mol. The summed E-state index contributed by atoms with van der Waals surface area (Å²) in [6, 6.07) is 10.2. The Morgan fingerprint density at radius 1 is 1.10 bits per heavy atom. The number of para-hydroxylation sites is 1. The molecule has 0 aliphatic heterocycles. The van der Waals surface area contributed by atoms with E-state index in [-0.39, 0.29) is 30.7 Å². The van der Waals surface area contributed by atoms with Crippen LogP contribution in [0.1, 0.15) is 41.9 Å². The highest BCUT2D eigenvalue weighted by Crippen LogP contribution is 2.28. The van der Waals surface area contributed by atoms with E-state index in [2.05, 4.69) is 15.3 Å². The zero-order valence-corrected chi connectivity index (χ0v) is 16.2. The minimum absolute atomic E-state index is 0.0389. The van der Waals surface area contributed by atoms with Crippen LogP contribution in [0.5, 0.6) is 0 Å². The van der Waals surface area contributed by atoms with E-state index in [0.29, 0.717) is 0 Å². The lowest BCUT2D eigenvalue weighted by Crippen LogP contribution is -2.41. The quantitative estimate of drug-likeness (QED) is 0.614. The van der Waals surface area contributed by atoms with E-state index < -0.39 is 11.9 Å². The van der Waals surface area contributed by atoms with E-state index in [0.717, 1.165) is 37.4 Å². The van der Waals surface area contributed by atoms with Gasteiger partial charge in [-0.05, 0) is 31.0 Å². The molecular formula is C20H21F3N6O. The second kappa shape index (κ2) is 8.29. The lowest BCUT2D eigenvalue weighted by molar-refractivity contribution is -0.141. The van der Waals surface area contributed by atoms with Crippen molar-refractivity contribution >= 4 is 5.91 Å². The van der Waals surface area contributed by atoms with Crippen LogP contribution in [0.3, 0.4) is 0 Å². The van der Waals surface area contributed by atoms with E-state index in [1.807, 2.05) is 30.3 Å². The summed E-state index contributed by atoms with van der Waals surface area (Å²) in [6.07, 6.45) is 1.99. The summed E-state index contributed by atoms with van der Waals surface area (Å²) in [5.74, 6) is -0.271. The predicted octanol–water partition coefficient (Wildman–Crippen LogP) is 3.57. The first kappa shape index (κ1) is 20.1. The molecule has 30 heavy (non-hydrogen) atoms. The summed E-state index contributed by atoms with van der Waals surface area (Å²) in [5, 5.41) is 12.1. The number of benzene rings is 1. The average Bonchev–Trinajstić information content (AvgIpc) is 3.49. The van der Waals surface area contributed by atoms with Crippen molar-refractivity contribution in [2.24, 2.45) is 0 Å². The minimum Gasteiger partial charge on any atom is -0.332 e. The van der Waals surface area contributed by atoms with Crippen LogP contribution in [0, 0.1) is 0 Å². The molecule has 1 saturated carbocycles. The lowest BCUT2D eigenvalue weighted by Gasteiger charge is -2.28. The number of carbonyl (C=O) groups is 1. The van der Waals surface area contributed by atoms with E-state index in [9.17, 15) is 18.0 Å². The Bertz CT molecular complexity index is 991. The van der Waals surface area contributed by atoms with Gasteiger partial charge in [0.15, 0.2) is 11.4 Å². The fraction of sp³-hybridized carbons (Fsp3) is 0.400. The Hall–Kier alpha value is -3.17. The molecule has 1 aliphatic rings. The minimum atomic E-state index is -4.48. The van der Waals surface area contributed by atoms with Crippen molar-refractivity contribution in [1.29, 1.82) is 0 Å². The molecule has 1 amide bonds. The van der Waals surface area contributed by atoms with Gasteiger partial charge in [0.2, 0.25) is 0 Å². The smallest absolute Gasteiger partial charge is 0.332 e. The number of nitrogens with zero attached hydrogens (tertiary/aromatic N) is 6. The number of alkyl halides is 3. The second-order valence-corrected chi connectivity index (χ2v) is 7.25. The molecule has 4 rings (SSSR count). The molecule has 2 aromatic heterocycles. The van der Waals surface area contributed by atoms with Crippen LogP contribution >= 0.6 is 0 Å². The van der Waals surface area contributed by atoms with Crippen molar-refractivity contribution in [1.82, 2.24) is 29.7 Å². The highest BCUT2D eigenvalue weighted by Gasteiger charge is 2.34. The van der Waals surface area contributed by atoms with Crippen molar-refractivity contribution in [2.45, 2.75) is 44.4 Å². The van der Waals surface area contributed by atoms with Crippen LogP contribution in [0.15, 0.2) is 48.8 Å². The Morgan fingerprint density at radius 3 is 2.50 bits per heavy atom. The van der Waals surface area contributed by atoms with Crippen molar-refractivity contribution in [3.8, 4) is 5.69 Å². The fourth-order valence-corrected chi connectivity index (χ4v) is 3.71. The molecule has 1 aliphatic carbocycles. The molecule has 0 unspecified atom stereocenters. The van der Waals surface area contributed by atoms with Crippen molar-refractivity contribution < 1.29 is 18.0 Å². The molecule has 0 saturated heterocycles. The van der Waals surface area contributed by atoms with Gasteiger partial charge in [0.05, 0.1) is 18.4 Å². The number of carbonyl (C=O) groups excluding carboxylic acids is 1. The summed E-state index contributed by atoms with van der Waals surface area (Å²) in [7, 11) is 0. The Balaban J connectivity index is 1.50.